The third-order valence-electron chi connectivity index (χ3n) is 9.75. The summed E-state index contributed by atoms with van der Waals surface area (Å²) >= 11 is 0. The maximum Gasteiger partial charge on any atom is 0.341 e. The van der Waals surface area contributed by atoms with Crippen molar-refractivity contribution >= 4 is 19.5 Å². The van der Waals surface area contributed by atoms with Gasteiger partial charge in [0.15, 0.2) is 0 Å². The van der Waals surface area contributed by atoms with Gasteiger partial charge in [0.25, 0.3) is 0 Å². The molecule has 41 heavy (non-hydrogen) atoms. The SMILES string of the molecule is CC1(C)c2cc3nc4n(c3cc2C(C)(C)C1(C)C)[Si](C)(C)Oc1ccc[c-]c1-4.Cn1cnc(-c2[c-]cccc2)n1.[Ir]. The van der Waals surface area contributed by atoms with E-state index >= 15 is 0 Å². The van der Waals surface area contributed by atoms with E-state index in [4.69, 9.17) is 9.41 Å². The molecule has 2 aromatic heterocycles. The van der Waals surface area contributed by atoms with E-state index < -0.39 is 8.48 Å². The summed E-state index contributed by atoms with van der Waals surface area (Å²) in [6, 6.07) is 24.8. The molecule has 0 saturated carbocycles. The summed E-state index contributed by atoms with van der Waals surface area (Å²) in [7, 11) is -0.344. The summed E-state index contributed by atoms with van der Waals surface area (Å²) in [5, 5.41) is 4.16. The van der Waals surface area contributed by atoms with E-state index in [9.17, 15) is 0 Å². The molecular formula is C33H37IrN5OSi-2. The molecule has 3 heterocycles. The Bertz CT molecular complexity index is 1750. The van der Waals surface area contributed by atoms with Crippen molar-refractivity contribution in [3.63, 3.8) is 0 Å². The second kappa shape index (κ2) is 9.75. The standard InChI is InChI=1S/C24H29N2OSi.C9H8N3.Ir/c1-22(2)16-13-18-19(14-17(16)23(3,4)24(22,5)6)26-21(25-18)15-11-9-10-12-20(15)27-28(26,7)8;1-12-7-10-9(11-12)8-5-3-2-4-6-8;/h9-10,12-14H,1-8H3;2-5,7H,1H3;/q2*-1;. The molecule has 1 radical (unpaired) electrons. The monoisotopic (exact) mass is 740 g/mol. The van der Waals surface area contributed by atoms with Crippen LogP contribution in [0.2, 0.25) is 13.1 Å². The predicted molar refractivity (Wildman–Crippen MR) is 163 cm³/mol. The van der Waals surface area contributed by atoms with Crippen molar-refractivity contribution in [3.05, 3.63) is 84.2 Å². The third kappa shape index (κ3) is 4.34. The topological polar surface area (TPSA) is 57.8 Å². The predicted octanol–water partition coefficient (Wildman–Crippen LogP) is 7.32. The summed E-state index contributed by atoms with van der Waals surface area (Å²) < 4.78 is 10.6. The molecule has 1 aliphatic carbocycles. The van der Waals surface area contributed by atoms with Crippen LogP contribution in [0.25, 0.3) is 33.8 Å². The smallest absolute Gasteiger partial charge is 0.341 e. The van der Waals surface area contributed by atoms with Crippen molar-refractivity contribution in [3.8, 4) is 28.5 Å². The van der Waals surface area contributed by atoms with Crippen LogP contribution < -0.4 is 4.43 Å². The van der Waals surface area contributed by atoms with Crippen LogP contribution in [0.1, 0.15) is 52.7 Å². The number of imidazole rings is 1. The zero-order chi connectivity index (χ0) is 28.7. The first kappa shape index (κ1) is 29.4. The number of rotatable bonds is 1. The average Bonchev–Trinajstić information content (AvgIpc) is 3.54. The Labute approximate surface area is 257 Å². The first-order valence-corrected chi connectivity index (χ1v) is 16.7. The van der Waals surface area contributed by atoms with E-state index in [1.54, 1.807) is 11.0 Å². The van der Waals surface area contributed by atoms with Crippen LogP contribution in [0.4, 0.5) is 0 Å². The Morgan fingerprint density at radius 1 is 0.878 bits per heavy atom. The number of nitrogens with zero attached hydrogens (tertiary/aromatic N) is 5. The molecule has 0 fully saturated rings. The van der Waals surface area contributed by atoms with Gasteiger partial charge in [-0.3, -0.25) is 14.6 Å². The molecule has 0 atom stereocenters. The number of hydrogen-bond donors (Lipinski definition) is 0. The Balaban J connectivity index is 0.000000218. The molecule has 215 valence electrons. The van der Waals surface area contributed by atoms with E-state index in [1.165, 1.54) is 16.6 Å². The zero-order valence-electron chi connectivity index (χ0n) is 25.3. The Kier molecular flexibility index (Phi) is 7.00. The summed E-state index contributed by atoms with van der Waals surface area (Å²) in [5.74, 6) is 2.64. The molecule has 6 nitrogen and oxygen atoms in total. The average molecular weight is 740 g/mol. The number of aromatic nitrogens is 5. The fourth-order valence-corrected chi connectivity index (χ4v) is 8.55. The van der Waals surface area contributed by atoms with E-state index in [0.717, 1.165) is 34.0 Å². The molecule has 0 saturated heterocycles. The second-order valence-corrected chi connectivity index (χ2v) is 16.6. The molecule has 0 amide bonds. The molecule has 0 spiro atoms. The van der Waals surface area contributed by atoms with Gasteiger partial charge in [0.05, 0.1) is 22.7 Å². The van der Waals surface area contributed by atoms with Gasteiger partial charge in [-0.2, -0.15) is 0 Å². The van der Waals surface area contributed by atoms with Crippen molar-refractivity contribution in [1.82, 2.24) is 24.0 Å². The number of benzene rings is 3. The minimum atomic E-state index is -2.19. The molecule has 1 aliphatic heterocycles. The molecular weight excluding hydrogens is 703 g/mol. The fourth-order valence-electron chi connectivity index (χ4n) is 6.32. The van der Waals surface area contributed by atoms with Gasteiger partial charge in [-0.1, -0.05) is 47.1 Å². The van der Waals surface area contributed by atoms with Crippen molar-refractivity contribution < 1.29 is 24.5 Å². The van der Waals surface area contributed by atoms with Crippen molar-refractivity contribution in [1.29, 1.82) is 0 Å². The Hall–Kier alpha value is -3.06. The van der Waals surface area contributed by atoms with Gasteiger partial charge >= 0.3 is 8.48 Å². The first-order chi connectivity index (χ1) is 18.8. The fraction of sp³-hybridized carbons (Fsp3) is 0.364. The van der Waals surface area contributed by atoms with Gasteiger partial charge in [0, 0.05) is 32.9 Å². The van der Waals surface area contributed by atoms with Crippen molar-refractivity contribution in [2.75, 3.05) is 0 Å². The molecule has 8 heteroatoms. The van der Waals surface area contributed by atoms with E-state index in [0.29, 0.717) is 0 Å². The van der Waals surface area contributed by atoms with Crippen molar-refractivity contribution in [2.45, 2.75) is 65.5 Å². The minimum Gasteiger partial charge on any atom is -0.573 e. The third-order valence-corrected chi connectivity index (χ3v) is 12.0. The van der Waals surface area contributed by atoms with Crippen LogP contribution >= 0.6 is 0 Å². The number of aryl methyl sites for hydroxylation is 1. The first-order valence-electron chi connectivity index (χ1n) is 13.9. The largest absolute Gasteiger partial charge is 0.573 e. The van der Waals surface area contributed by atoms with Gasteiger partial charge in [-0.25, -0.2) is 5.10 Å². The van der Waals surface area contributed by atoms with E-state index in [2.05, 4.69) is 93.2 Å². The Morgan fingerprint density at radius 3 is 2.20 bits per heavy atom. The quantitative estimate of drug-likeness (QED) is 0.134. The molecule has 0 unspecified atom stereocenters. The van der Waals surface area contributed by atoms with Gasteiger partial charge in [-0.05, 0) is 52.6 Å². The summed E-state index contributed by atoms with van der Waals surface area (Å²) in [6.45, 7) is 18.9. The molecule has 0 bridgehead atoms. The molecule has 2 aliphatic rings. The van der Waals surface area contributed by atoms with E-state index in [-0.39, 0.29) is 36.4 Å². The van der Waals surface area contributed by atoms with Crippen LogP contribution in [0.15, 0.2) is 60.9 Å². The summed E-state index contributed by atoms with van der Waals surface area (Å²) in [5.41, 5.74) is 7.37. The summed E-state index contributed by atoms with van der Waals surface area (Å²) in [4.78, 5) is 9.22. The van der Waals surface area contributed by atoms with Crippen LogP contribution in [0.3, 0.4) is 0 Å². The number of fused-ring (bicyclic) bond motifs is 6. The normalized spacial score (nSPS) is 18.2. The summed E-state index contributed by atoms with van der Waals surface area (Å²) in [6.07, 6.45) is 1.68. The van der Waals surface area contributed by atoms with Crippen molar-refractivity contribution in [2.24, 2.45) is 12.5 Å². The molecule has 0 N–H and O–H groups in total. The molecule has 5 aromatic rings. The minimum absolute atomic E-state index is 0. The maximum absolute atomic E-state index is 6.50. The van der Waals surface area contributed by atoms with Crippen LogP contribution in [-0.4, -0.2) is 32.5 Å². The van der Waals surface area contributed by atoms with Gasteiger partial charge in [-0.15, -0.1) is 60.2 Å². The zero-order valence-corrected chi connectivity index (χ0v) is 28.6. The molecule has 3 aromatic carbocycles. The molecule has 7 rings (SSSR count). The Morgan fingerprint density at radius 2 is 1.56 bits per heavy atom. The van der Waals surface area contributed by atoms with Gasteiger partial charge < -0.3 is 8.66 Å². The van der Waals surface area contributed by atoms with Crippen LogP contribution in [0.5, 0.6) is 5.75 Å². The maximum atomic E-state index is 6.50. The van der Waals surface area contributed by atoms with E-state index in [1.807, 2.05) is 49.5 Å². The van der Waals surface area contributed by atoms with Gasteiger partial charge in [0.2, 0.25) is 0 Å². The van der Waals surface area contributed by atoms with Crippen LogP contribution in [-0.2, 0) is 38.0 Å². The van der Waals surface area contributed by atoms with Gasteiger partial charge in [0.1, 0.15) is 6.33 Å². The number of hydrogen-bond acceptors (Lipinski definition) is 4. The second-order valence-electron chi connectivity index (χ2n) is 13.0. The van der Waals surface area contributed by atoms with Crippen LogP contribution in [0, 0.1) is 17.5 Å².